The van der Waals surface area contributed by atoms with Crippen LogP contribution < -0.4 is 4.74 Å². The summed E-state index contributed by atoms with van der Waals surface area (Å²) in [5.41, 5.74) is 3.85. The Morgan fingerprint density at radius 1 is 1.45 bits per heavy atom. The zero-order valence-electron chi connectivity index (χ0n) is 12.7. The van der Waals surface area contributed by atoms with Gasteiger partial charge in [0.15, 0.2) is 0 Å². The van der Waals surface area contributed by atoms with Crippen molar-refractivity contribution in [1.82, 2.24) is 9.88 Å². The van der Waals surface area contributed by atoms with Gasteiger partial charge in [-0.2, -0.15) is 0 Å². The summed E-state index contributed by atoms with van der Waals surface area (Å²) in [6, 6.07) is 5.74. The summed E-state index contributed by atoms with van der Waals surface area (Å²) in [6.07, 6.45) is 3.71. The van der Waals surface area contributed by atoms with E-state index in [1.165, 1.54) is 6.08 Å². The van der Waals surface area contributed by atoms with Crippen LogP contribution in [0.1, 0.15) is 16.8 Å². The molecule has 1 aliphatic rings. The van der Waals surface area contributed by atoms with Gasteiger partial charge >= 0.3 is 5.97 Å². The smallest absolute Gasteiger partial charge is 0.328 e. The molecule has 5 nitrogen and oxygen atoms in total. The average molecular weight is 298 g/mol. The van der Waals surface area contributed by atoms with Gasteiger partial charge in [0, 0.05) is 36.7 Å². The summed E-state index contributed by atoms with van der Waals surface area (Å²) in [5.74, 6) is -0.241. The third kappa shape index (κ3) is 2.55. The molecule has 0 atom stereocenters. The van der Waals surface area contributed by atoms with Gasteiger partial charge in [0.25, 0.3) is 0 Å². The van der Waals surface area contributed by atoms with E-state index in [0.717, 1.165) is 47.2 Å². The molecular formula is C17H18N2O3. The predicted molar refractivity (Wildman–Crippen MR) is 85.0 cm³/mol. The van der Waals surface area contributed by atoms with Gasteiger partial charge in [0.05, 0.1) is 7.11 Å². The molecule has 1 N–H and O–H groups in total. The molecule has 1 aromatic heterocycles. The van der Waals surface area contributed by atoms with Crippen molar-refractivity contribution in [3.63, 3.8) is 0 Å². The van der Waals surface area contributed by atoms with Gasteiger partial charge < -0.3 is 14.7 Å². The lowest BCUT2D eigenvalue weighted by Crippen LogP contribution is -2.28. The van der Waals surface area contributed by atoms with E-state index in [9.17, 15) is 4.79 Å². The second kappa shape index (κ2) is 5.77. The van der Waals surface area contributed by atoms with Gasteiger partial charge in [0.1, 0.15) is 11.3 Å². The fraction of sp³-hybridized carbons (Fsp3) is 0.294. The number of pyridine rings is 1. The van der Waals surface area contributed by atoms with Gasteiger partial charge in [-0.15, -0.1) is 0 Å². The maximum Gasteiger partial charge on any atom is 0.328 e. The van der Waals surface area contributed by atoms with Crippen LogP contribution in [-0.4, -0.2) is 41.7 Å². The van der Waals surface area contributed by atoms with E-state index >= 15 is 0 Å². The molecule has 0 radical (unpaired) electrons. The third-order valence-electron chi connectivity index (χ3n) is 3.98. The van der Waals surface area contributed by atoms with Gasteiger partial charge in [-0.25, -0.2) is 9.78 Å². The summed E-state index contributed by atoms with van der Waals surface area (Å²) in [6.45, 7) is 1.72. The predicted octanol–water partition coefficient (Wildman–Crippen LogP) is 2.33. The third-order valence-corrected chi connectivity index (χ3v) is 3.98. The molecule has 2 heterocycles. The van der Waals surface area contributed by atoms with Crippen LogP contribution in [-0.2, 0) is 17.8 Å². The lowest BCUT2D eigenvalue weighted by molar-refractivity contribution is -0.131. The molecule has 3 rings (SSSR count). The van der Waals surface area contributed by atoms with E-state index in [4.69, 9.17) is 14.8 Å². The first-order chi connectivity index (χ1) is 10.6. The van der Waals surface area contributed by atoms with Crippen molar-refractivity contribution in [3.8, 4) is 5.75 Å². The topological polar surface area (TPSA) is 62.7 Å². The fourth-order valence-electron chi connectivity index (χ4n) is 2.91. The zero-order chi connectivity index (χ0) is 15.7. The first-order valence-corrected chi connectivity index (χ1v) is 7.18. The van der Waals surface area contributed by atoms with Crippen LogP contribution in [0.4, 0.5) is 0 Å². The maximum atomic E-state index is 10.9. The quantitative estimate of drug-likeness (QED) is 0.881. The number of carbonyl (C=O) groups is 1. The number of rotatable bonds is 3. The highest BCUT2D eigenvalue weighted by Gasteiger charge is 2.20. The average Bonchev–Trinajstić information content (AvgIpc) is 2.51. The second-order valence-corrected chi connectivity index (χ2v) is 5.47. The summed E-state index contributed by atoms with van der Waals surface area (Å²) >= 11 is 0. The maximum absolute atomic E-state index is 10.9. The molecule has 5 heteroatoms. The van der Waals surface area contributed by atoms with Crippen LogP contribution >= 0.6 is 0 Å². The van der Waals surface area contributed by atoms with E-state index in [2.05, 4.69) is 11.9 Å². The number of fused-ring (bicyclic) bond motifs is 2. The Bertz CT molecular complexity index is 768. The number of ether oxygens (including phenoxy) is 1. The SMILES string of the molecule is COc1cccc2c(/C=C/C(=O)O)c3c(nc12)CCN(C)C3. The number of aromatic nitrogens is 1. The highest BCUT2D eigenvalue weighted by atomic mass is 16.5. The van der Waals surface area contributed by atoms with Crippen molar-refractivity contribution in [1.29, 1.82) is 0 Å². The minimum Gasteiger partial charge on any atom is -0.494 e. The van der Waals surface area contributed by atoms with Crippen LogP contribution in [0.5, 0.6) is 5.75 Å². The van der Waals surface area contributed by atoms with Crippen molar-refractivity contribution < 1.29 is 14.6 Å². The molecule has 1 aliphatic heterocycles. The summed E-state index contributed by atoms with van der Waals surface area (Å²) in [5, 5.41) is 9.89. The standard InChI is InChI=1S/C17H18N2O3/c1-19-9-8-14-13(10-19)11(6-7-16(20)21)12-4-3-5-15(22-2)17(12)18-14/h3-7H,8-10H2,1-2H3,(H,20,21)/b7-6+. The number of aliphatic carboxylic acids is 1. The molecule has 22 heavy (non-hydrogen) atoms. The first-order valence-electron chi connectivity index (χ1n) is 7.18. The second-order valence-electron chi connectivity index (χ2n) is 5.47. The molecule has 0 unspecified atom stereocenters. The van der Waals surface area contributed by atoms with Crippen molar-refractivity contribution in [2.24, 2.45) is 0 Å². The Kier molecular flexibility index (Phi) is 3.81. The number of para-hydroxylation sites is 1. The number of methoxy groups -OCH3 is 1. The zero-order valence-corrected chi connectivity index (χ0v) is 12.7. The van der Waals surface area contributed by atoms with Gasteiger partial charge in [0.2, 0.25) is 0 Å². The van der Waals surface area contributed by atoms with E-state index in [0.29, 0.717) is 5.75 Å². The molecule has 1 aromatic carbocycles. The van der Waals surface area contributed by atoms with Crippen molar-refractivity contribution in [3.05, 3.63) is 41.1 Å². The Labute approximate surface area is 128 Å². The van der Waals surface area contributed by atoms with Gasteiger partial charge in [-0.1, -0.05) is 12.1 Å². The fourth-order valence-corrected chi connectivity index (χ4v) is 2.91. The van der Waals surface area contributed by atoms with E-state index < -0.39 is 5.97 Å². The molecule has 2 aromatic rings. The molecule has 0 amide bonds. The van der Waals surface area contributed by atoms with Crippen LogP contribution in [0.15, 0.2) is 24.3 Å². The minimum atomic E-state index is -0.953. The molecule has 0 fully saturated rings. The van der Waals surface area contributed by atoms with Crippen molar-refractivity contribution in [2.45, 2.75) is 13.0 Å². The summed E-state index contributed by atoms with van der Waals surface area (Å²) in [4.78, 5) is 17.9. The minimum absolute atomic E-state index is 0.712. The normalized spacial score (nSPS) is 15.2. The number of likely N-dealkylation sites (N-methyl/N-ethyl adjacent to an activating group) is 1. The highest BCUT2D eigenvalue weighted by molar-refractivity contribution is 5.96. The number of carboxylic acids is 1. The molecule has 0 saturated carbocycles. The number of nitrogens with zero attached hydrogens (tertiary/aromatic N) is 2. The number of benzene rings is 1. The molecule has 0 bridgehead atoms. The lowest BCUT2D eigenvalue weighted by Gasteiger charge is -2.26. The molecule has 0 spiro atoms. The first kappa shape index (κ1) is 14.5. The Morgan fingerprint density at radius 2 is 2.27 bits per heavy atom. The van der Waals surface area contributed by atoms with E-state index in [1.807, 2.05) is 18.2 Å². The monoisotopic (exact) mass is 298 g/mol. The molecule has 0 saturated heterocycles. The van der Waals surface area contributed by atoms with Crippen molar-refractivity contribution in [2.75, 3.05) is 20.7 Å². The molecular weight excluding hydrogens is 280 g/mol. The highest BCUT2D eigenvalue weighted by Crippen LogP contribution is 2.32. The van der Waals surface area contributed by atoms with E-state index in [1.54, 1.807) is 13.2 Å². The Morgan fingerprint density at radius 3 is 3.00 bits per heavy atom. The number of carboxylic acid groups (broad SMARTS) is 1. The van der Waals surface area contributed by atoms with Crippen molar-refractivity contribution >= 4 is 22.9 Å². The van der Waals surface area contributed by atoms with E-state index in [-0.39, 0.29) is 0 Å². The van der Waals surface area contributed by atoms with Gasteiger partial charge in [-0.3, -0.25) is 0 Å². The lowest BCUT2D eigenvalue weighted by atomic mass is 9.95. The van der Waals surface area contributed by atoms with Crippen LogP contribution in [0.3, 0.4) is 0 Å². The number of hydrogen-bond acceptors (Lipinski definition) is 4. The van der Waals surface area contributed by atoms with Crippen LogP contribution in [0.2, 0.25) is 0 Å². The van der Waals surface area contributed by atoms with Crippen LogP contribution in [0, 0.1) is 0 Å². The molecule has 0 aliphatic carbocycles. The molecule has 114 valence electrons. The largest absolute Gasteiger partial charge is 0.494 e. The Balaban J connectivity index is 2.31. The Hall–Kier alpha value is -2.40. The van der Waals surface area contributed by atoms with Gasteiger partial charge in [-0.05, 0) is 30.3 Å². The summed E-state index contributed by atoms with van der Waals surface area (Å²) < 4.78 is 5.41. The van der Waals surface area contributed by atoms with Crippen LogP contribution in [0.25, 0.3) is 17.0 Å². The summed E-state index contributed by atoms with van der Waals surface area (Å²) in [7, 11) is 3.68. The number of hydrogen-bond donors (Lipinski definition) is 1.